The Morgan fingerprint density at radius 2 is 1.84 bits per heavy atom. The predicted molar refractivity (Wildman–Crippen MR) is 167 cm³/mol. The Morgan fingerprint density at radius 1 is 1.07 bits per heavy atom. The summed E-state index contributed by atoms with van der Waals surface area (Å²) in [5.74, 6) is -3.50. The molecule has 0 aliphatic carbocycles. The number of unbranched alkanes of at least 4 members (excludes halogenated alkanes) is 2. The van der Waals surface area contributed by atoms with Crippen LogP contribution in [-0.2, 0) is 28.7 Å². The highest BCUT2D eigenvalue weighted by molar-refractivity contribution is 5.99. The second-order valence-electron chi connectivity index (χ2n) is 12.7. The van der Waals surface area contributed by atoms with Crippen molar-refractivity contribution in [1.29, 1.82) is 0 Å². The summed E-state index contributed by atoms with van der Waals surface area (Å²) in [4.78, 5) is 59.3. The molecule has 2 N–H and O–H groups in total. The quantitative estimate of drug-likeness (QED) is 0.246. The van der Waals surface area contributed by atoms with Crippen molar-refractivity contribution in [2.75, 3.05) is 26.2 Å². The topological polar surface area (TPSA) is 125 Å². The Balaban J connectivity index is 1.58. The van der Waals surface area contributed by atoms with E-state index in [4.69, 9.17) is 9.47 Å². The number of esters is 1. The van der Waals surface area contributed by atoms with Crippen molar-refractivity contribution in [2.45, 2.75) is 89.2 Å². The van der Waals surface area contributed by atoms with Gasteiger partial charge in [-0.05, 0) is 24.3 Å². The number of cyclic esters (lactones) is 1. The number of rotatable bonds is 9. The van der Waals surface area contributed by atoms with Gasteiger partial charge in [-0.2, -0.15) is 0 Å². The van der Waals surface area contributed by atoms with E-state index >= 15 is 0 Å². The molecule has 0 saturated carbocycles. The zero-order chi connectivity index (χ0) is 32.1. The molecule has 2 saturated heterocycles. The number of allylic oxidation sites excluding steroid dienone is 1. The number of hydrogen-bond donors (Lipinski definition) is 2. The molecule has 4 aliphatic heterocycles. The lowest BCUT2D eigenvalue weighted by molar-refractivity contribution is -0.160. The first-order valence-electron chi connectivity index (χ1n) is 16.5. The third-order valence-corrected chi connectivity index (χ3v) is 9.95. The van der Waals surface area contributed by atoms with E-state index in [1.165, 1.54) is 4.90 Å². The van der Waals surface area contributed by atoms with Crippen LogP contribution in [0.5, 0.6) is 0 Å². The molecule has 0 radical (unpaired) electrons. The van der Waals surface area contributed by atoms with Gasteiger partial charge in [0.1, 0.15) is 23.7 Å². The number of carbonyl (C=O) groups is 4. The number of ether oxygens (including phenoxy) is 2. The molecule has 5 bridgehead atoms. The fraction of sp³-hybridized carbons (Fsp3) is 0.600. The monoisotopic (exact) mass is 621 g/mol. The van der Waals surface area contributed by atoms with Crippen molar-refractivity contribution in [1.82, 2.24) is 15.1 Å². The normalized spacial score (nSPS) is 32.3. The molecule has 2 fully saturated rings. The maximum absolute atomic E-state index is 14.7. The largest absolute Gasteiger partial charge is 0.455 e. The molecular weight excluding hydrogens is 574 g/mol. The Morgan fingerprint density at radius 3 is 2.56 bits per heavy atom. The lowest BCUT2D eigenvalue weighted by Crippen LogP contribution is -2.59. The van der Waals surface area contributed by atoms with E-state index in [2.05, 4.69) is 12.2 Å². The molecular formula is C35H47N3O7. The van der Waals surface area contributed by atoms with E-state index in [1.807, 2.05) is 56.3 Å². The number of amides is 3. The van der Waals surface area contributed by atoms with Crippen LogP contribution < -0.4 is 5.32 Å². The molecule has 3 amide bonds. The number of benzene rings is 1. The Hall–Kier alpha value is -3.50. The summed E-state index contributed by atoms with van der Waals surface area (Å²) in [6.07, 6.45) is 9.97. The highest BCUT2D eigenvalue weighted by Gasteiger charge is 2.74. The first-order valence-corrected chi connectivity index (χ1v) is 16.5. The molecule has 4 aliphatic rings. The van der Waals surface area contributed by atoms with E-state index in [0.717, 1.165) is 19.3 Å². The van der Waals surface area contributed by atoms with Crippen molar-refractivity contribution in [2.24, 2.45) is 17.8 Å². The van der Waals surface area contributed by atoms with Gasteiger partial charge in [-0.1, -0.05) is 94.7 Å². The number of nitrogens with one attached hydrogen (secondary N) is 1. The summed E-state index contributed by atoms with van der Waals surface area (Å²) in [6, 6.07) is 7.51. The summed E-state index contributed by atoms with van der Waals surface area (Å²) in [7, 11) is 0. The van der Waals surface area contributed by atoms with E-state index in [9.17, 15) is 24.3 Å². The Bertz CT molecular complexity index is 1300. The van der Waals surface area contributed by atoms with Crippen molar-refractivity contribution in [3.05, 3.63) is 60.2 Å². The Kier molecular flexibility index (Phi) is 10.4. The minimum atomic E-state index is -1.36. The van der Waals surface area contributed by atoms with Gasteiger partial charge in [0.2, 0.25) is 17.7 Å². The summed E-state index contributed by atoms with van der Waals surface area (Å²) in [5, 5.41) is 13.5. The van der Waals surface area contributed by atoms with Gasteiger partial charge < -0.3 is 29.7 Å². The van der Waals surface area contributed by atoms with Gasteiger partial charge in [0, 0.05) is 19.5 Å². The van der Waals surface area contributed by atoms with E-state index < -0.39 is 47.7 Å². The number of aliphatic hydroxyl groups excluding tert-OH is 1. The number of nitrogens with zero attached hydrogens (tertiary/aromatic N) is 2. The minimum Gasteiger partial charge on any atom is -0.455 e. The van der Waals surface area contributed by atoms with Gasteiger partial charge >= 0.3 is 5.97 Å². The van der Waals surface area contributed by atoms with Crippen LogP contribution in [0.25, 0.3) is 0 Å². The summed E-state index contributed by atoms with van der Waals surface area (Å²) in [6.45, 7) is 6.60. The van der Waals surface area contributed by atoms with E-state index in [1.54, 1.807) is 17.1 Å². The standard InChI is InChI=1S/C35H47N3O7/c1-4-6-12-19-37-20-13-8-11-16-28(40)36-21-27(24-14-9-7-10-15-24)44-34(43)29-26-17-18-35(45-26)30(29)32(41)38(31(35)33(37)42)25(22-39)23(3)5-2/h7-10,13-15,17-18,23,25-27,29-31,39H,4-6,11-12,16,19-22H2,1-3H3,(H,36,40)/b13-8-/t23-,25-,26+,27+,29-,30-,31+,35-/m0/s1. The molecule has 1 aromatic carbocycles. The Labute approximate surface area is 265 Å². The molecule has 8 atom stereocenters. The molecule has 0 unspecified atom stereocenters. The van der Waals surface area contributed by atoms with Crippen LogP contribution in [0.1, 0.15) is 71.0 Å². The van der Waals surface area contributed by atoms with Crippen molar-refractivity contribution < 1.29 is 33.8 Å². The summed E-state index contributed by atoms with van der Waals surface area (Å²) >= 11 is 0. The van der Waals surface area contributed by atoms with Crippen LogP contribution in [0.4, 0.5) is 0 Å². The van der Waals surface area contributed by atoms with Gasteiger partial charge in [-0.15, -0.1) is 0 Å². The van der Waals surface area contributed by atoms with Gasteiger partial charge in [0.05, 0.1) is 31.2 Å². The first kappa shape index (κ1) is 32.9. The van der Waals surface area contributed by atoms with Crippen LogP contribution in [0.15, 0.2) is 54.6 Å². The zero-order valence-corrected chi connectivity index (χ0v) is 26.6. The number of aliphatic hydroxyl groups is 1. The molecule has 0 aromatic heterocycles. The maximum atomic E-state index is 14.7. The molecule has 1 spiro atoms. The third kappa shape index (κ3) is 6.31. The van der Waals surface area contributed by atoms with E-state index in [-0.39, 0.29) is 43.2 Å². The lowest BCUT2D eigenvalue weighted by atomic mass is 9.74. The summed E-state index contributed by atoms with van der Waals surface area (Å²) < 4.78 is 12.6. The van der Waals surface area contributed by atoms with Crippen molar-refractivity contribution >= 4 is 23.7 Å². The second-order valence-corrected chi connectivity index (χ2v) is 12.7. The van der Waals surface area contributed by atoms with Gasteiger partial charge in [0.25, 0.3) is 0 Å². The fourth-order valence-electron chi connectivity index (χ4n) is 7.29. The fourth-order valence-corrected chi connectivity index (χ4v) is 7.29. The van der Waals surface area contributed by atoms with Crippen molar-refractivity contribution in [3.63, 3.8) is 0 Å². The highest BCUT2D eigenvalue weighted by Crippen LogP contribution is 2.56. The van der Waals surface area contributed by atoms with Crippen LogP contribution in [0.2, 0.25) is 0 Å². The first-order chi connectivity index (χ1) is 21.8. The SMILES string of the molecule is CCCCCN1C/C=C\CCC(=O)NC[C@H](c2ccccc2)OC(=O)[C@@H]2[C@H]3C(=O)N([C@@H](CO)[C@@H](C)CC)[C@H](C1=O)[C@]31C=C[C@H]2O1. The average molecular weight is 622 g/mol. The van der Waals surface area contributed by atoms with E-state index in [0.29, 0.717) is 31.5 Å². The molecule has 4 heterocycles. The number of carbonyl (C=O) groups excluding carboxylic acids is 4. The van der Waals surface area contributed by atoms with Crippen LogP contribution in [0, 0.1) is 17.8 Å². The molecule has 5 rings (SSSR count). The minimum absolute atomic E-state index is 0.0786. The lowest BCUT2D eigenvalue weighted by Gasteiger charge is -2.40. The molecule has 10 nitrogen and oxygen atoms in total. The maximum Gasteiger partial charge on any atom is 0.313 e. The summed E-state index contributed by atoms with van der Waals surface area (Å²) in [5.41, 5.74) is -0.647. The molecule has 1 aromatic rings. The van der Waals surface area contributed by atoms with Crippen molar-refractivity contribution in [3.8, 4) is 0 Å². The highest BCUT2D eigenvalue weighted by atomic mass is 16.6. The van der Waals surface area contributed by atoms with Gasteiger partial charge in [-0.3, -0.25) is 19.2 Å². The molecule has 244 valence electrons. The van der Waals surface area contributed by atoms with Crippen LogP contribution in [-0.4, -0.2) is 88.6 Å². The van der Waals surface area contributed by atoms with Crippen LogP contribution >= 0.6 is 0 Å². The second kappa shape index (κ2) is 14.3. The van der Waals surface area contributed by atoms with Gasteiger partial charge in [-0.25, -0.2) is 0 Å². The number of fused-ring (bicyclic) bond motifs is 2. The molecule has 10 heteroatoms. The number of likely N-dealkylation sites (tertiary alicyclic amines) is 1. The smallest absolute Gasteiger partial charge is 0.313 e. The number of hydrogen-bond acceptors (Lipinski definition) is 7. The molecule has 45 heavy (non-hydrogen) atoms. The predicted octanol–water partition coefficient (Wildman–Crippen LogP) is 3.31. The average Bonchev–Trinajstić information content (AvgIpc) is 3.69. The van der Waals surface area contributed by atoms with Crippen LogP contribution in [0.3, 0.4) is 0 Å². The third-order valence-electron chi connectivity index (χ3n) is 9.95. The van der Waals surface area contributed by atoms with Gasteiger partial charge in [0.15, 0.2) is 0 Å². The zero-order valence-electron chi connectivity index (χ0n) is 26.6.